The van der Waals surface area contributed by atoms with Crippen LogP contribution < -0.4 is 5.73 Å². The highest BCUT2D eigenvalue weighted by atomic mass is 32.2. The van der Waals surface area contributed by atoms with E-state index in [1.165, 1.54) is 0 Å². The van der Waals surface area contributed by atoms with Crippen LogP contribution in [0.3, 0.4) is 0 Å². The summed E-state index contributed by atoms with van der Waals surface area (Å²) < 4.78 is 4.81. The van der Waals surface area contributed by atoms with Crippen molar-refractivity contribution in [2.75, 3.05) is 12.4 Å². The van der Waals surface area contributed by atoms with Crippen molar-refractivity contribution < 1.29 is 9.53 Å². The van der Waals surface area contributed by atoms with Gasteiger partial charge in [-0.25, -0.2) is 0 Å². The van der Waals surface area contributed by atoms with Gasteiger partial charge in [-0.1, -0.05) is 13.8 Å². The second-order valence-corrected chi connectivity index (χ2v) is 4.78. The Hall–Kier alpha value is -0.220. The molecule has 0 aromatic heterocycles. The fourth-order valence-electron chi connectivity index (χ4n) is 0.881. The summed E-state index contributed by atoms with van der Waals surface area (Å²) in [5.41, 5.74) is 5.64. The van der Waals surface area contributed by atoms with E-state index in [0.717, 1.165) is 12.2 Å². The zero-order valence-electron chi connectivity index (χ0n) is 9.29. The average Bonchev–Trinajstić information content (AvgIpc) is 2.17. The molecule has 0 aromatic carbocycles. The Balaban J connectivity index is 3.52. The molecular weight excluding hydrogens is 198 g/mol. The molecule has 0 aromatic rings. The fourth-order valence-corrected chi connectivity index (χ4v) is 1.91. The Bertz CT molecular complexity index is 164. The van der Waals surface area contributed by atoms with Crippen LogP contribution in [0.1, 0.15) is 33.6 Å². The van der Waals surface area contributed by atoms with E-state index >= 15 is 0 Å². The topological polar surface area (TPSA) is 52.3 Å². The second-order valence-electron chi connectivity index (χ2n) is 3.24. The zero-order valence-corrected chi connectivity index (χ0v) is 10.1. The number of ether oxygens (including phenoxy) is 1. The summed E-state index contributed by atoms with van der Waals surface area (Å²) in [5.74, 6) is 0.645. The van der Waals surface area contributed by atoms with Crippen molar-refractivity contribution in [3.05, 3.63) is 0 Å². The molecule has 0 saturated heterocycles. The molecule has 0 heterocycles. The normalized spacial score (nSPS) is 14.9. The van der Waals surface area contributed by atoms with Crippen molar-refractivity contribution in [1.29, 1.82) is 0 Å². The second kappa shape index (κ2) is 8.12. The Labute approximate surface area is 90.8 Å². The van der Waals surface area contributed by atoms with Crippen molar-refractivity contribution in [3.8, 4) is 0 Å². The van der Waals surface area contributed by atoms with E-state index < -0.39 is 6.04 Å². The van der Waals surface area contributed by atoms with E-state index in [4.69, 9.17) is 10.5 Å². The van der Waals surface area contributed by atoms with Gasteiger partial charge in [-0.05, 0) is 25.5 Å². The van der Waals surface area contributed by atoms with E-state index in [1.54, 1.807) is 6.92 Å². The number of thioether (sulfide) groups is 1. The minimum absolute atomic E-state index is 0.280. The predicted molar refractivity (Wildman–Crippen MR) is 61.4 cm³/mol. The van der Waals surface area contributed by atoms with Crippen LogP contribution in [0, 0.1) is 0 Å². The lowest BCUT2D eigenvalue weighted by Gasteiger charge is -2.12. The molecule has 0 amide bonds. The van der Waals surface area contributed by atoms with Crippen molar-refractivity contribution in [2.24, 2.45) is 5.73 Å². The Morgan fingerprint density at radius 2 is 2.14 bits per heavy atom. The molecule has 4 heteroatoms. The van der Waals surface area contributed by atoms with Crippen molar-refractivity contribution in [2.45, 2.75) is 44.9 Å². The monoisotopic (exact) mass is 219 g/mol. The van der Waals surface area contributed by atoms with Gasteiger partial charge in [-0.3, -0.25) is 4.79 Å². The number of hydrogen-bond acceptors (Lipinski definition) is 4. The molecule has 0 aliphatic carbocycles. The maximum atomic E-state index is 11.1. The summed E-state index contributed by atoms with van der Waals surface area (Å²) in [6, 6.07) is -0.452. The van der Waals surface area contributed by atoms with E-state index in [1.807, 2.05) is 11.8 Å². The number of nitrogens with two attached hydrogens (primary N) is 1. The summed E-state index contributed by atoms with van der Waals surface area (Å²) in [5, 5.41) is 0.643. The van der Waals surface area contributed by atoms with Crippen molar-refractivity contribution in [3.63, 3.8) is 0 Å². The minimum Gasteiger partial charge on any atom is -0.465 e. The first-order chi connectivity index (χ1) is 6.61. The van der Waals surface area contributed by atoms with Crippen LogP contribution in [0.4, 0.5) is 0 Å². The van der Waals surface area contributed by atoms with Gasteiger partial charge in [0.15, 0.2) is 0 Å². The third kappa shape index (κ3) is 6.27. The maximum absolute atomic E-state index is 11.1. The number of rotatable bonds is 7. The van der Waals surface area contributed by atoms with Gasteiger partial charge in [0.1, 0.15) is 6.04 Å². The number of carbonyl (C=O) groups is 1. The number of carbonyl (C=O) groups excluding carboxylic acids is 1. The zero-order chi connectivity index (χ0) is 11.0. The summed E-state index contributed by atoms with van der Waals surface area (Å²) in [7, 11) is 0. The van der Waals surface area contributed by atoms with Gasteiger partial charge in [0.05, 0.1) is 6.61 Å². The van der Waals surface area contributed by atoms with Gasteiger partial charge < -0.3 is 10.5 Å². The molecule has 84 valence electrons. The van der Waals surface area contributed by atoms with Crippen LogP contribution in [0.25, 0.3) is 0 Å². The lowest BCUT2D eigenvalue weighted by molar-refractivity contribution is -0.144. The molecule has 0 bridgehead atoms. The highest BCUT2D eigenvalue weighted by Gasteiger charge is 2.14. The average molecular weight is 219 g/mol. The summed E-state index contributed by atoms with van der Waals surface area (Å²) in [6.45, 7) is 6.53. The molecule has 3 nitrogen and oxygen atoms in total. The van der Waals surface area contributed by atoms with Gasteiger partial charge in [-0.2, -0.15) is 11.8 Å². The molecule has 0 fully saturated rings. The first-order valence-electron chi connectivity index (χ1n) is 5.15. The molecule has 0 spiro atoms. The summed E-state index contributed by atoms with van der Waals surface area (Å²) in [4.78, 5) is 11.1. The predicted octanol–water partition coefficient (Wildman–Crippen LogP) is 1.80. The highest BCUT2D eigenvalue weighted by molar-refractivity contribution is 7.99. The largest absolute Gasteiger partial charge is 0.465 e. The lowest BCUT2D eigenvalue weighted by Crippen LogP contribution is -2.32. The van der Waals surface area contributed by atoms with Crippen LogP contribution >= 0.6 is 11.8 Å². The van der Waals surface area contributed by atoms with E-state index in [0.29, 0.717) is 18.3 Å². The molecule has 0 radical (unpaired) electrons. The smallest absolute Gasteiger partial charge is 0.322 e. The molecule has 14 heavy (non-hydrogen) atoms. The minimum atomic E-state index is -0.452. The molecule has 0 aliphatic heterocycles. The SMILES string of the molecule is CCOC(=O)C(N)CCSC(C)CC. The maximum Gasteiger partial charge on any atom is 0.322 e. The van der Waals surface area contributed by atoms with Gasteiger partial charge >= 0.3 is 5.97 Å². The van der Waals surface area contributed by atoms with Crippen LogP contribution in [-0.2, 0) is 9.53 Å². The first-order valence-corrected chi connectivity index (χ1v) is 6.20. The summed E-state index contributed by atoms with van der Waals surface area (Å²) in [6.07, 6.45) is 1.85. The lowest BCUT2D eigenvalue weighted by atomic mass is 10.2. The summed E-state index contributed by atoms with van der Waals surface area (Å²) >= 11 is 1.85. The number of esters is 1. The first kappa shape index (κ1) is 13.8. The molecule has 0 aliphatic rings. The van der Waals surface area contributed by atoms with Gasteiger partial charge in [0.25, 0.3) is 0 Å². The van der Waals surface area contributed by atoms with Crippen LogP contribution in [0.5, 0.6) is 0 Å². The Morgan fingerprint density at radius 3 is 2.64 bits per heavy atom. The molecular formula is C10H21NO2S. The van der Waals surface area contributed by atoms with E-state index in [-0.39, 0.29) is 5.97 Å². The third-order valence-corrected chi connectivity index (χ3v) is 3.37. The Kier molecular flexibility index (Phi) is 7.99. The Morgan fingerprint density at radius 1 is 1.50 bits per heavy atom. The third-order valence-electron chi connectivity index (χ3n) is 2.00. The van der Waals surface area contributed by atoms with E-state index in [2.05, 4.69) is 13.8 Å². The van der Waals surface area contributed by atoms with E-state index in [9.17, 15) is 4.79 Å². The van der Waals surface area contributed by atoms with Crippen LogP contribution in [-0.4, -0.2) is 29.6 Å². The van der Waals surface area contributed by atoms with Crippen LogP contribution in [0.15, 0.2) is 0 Å². The van der Waals surface area contributed by atoms with Crippen molar-refractivity contribution in [1.82, 2.24) is 0 Å². The standard InChI is InChI=1S/C10H21NO2S/c1-4-8(3)14-7-6-9(11)10(12)13-5-2/h8-9H,4-7,11H2,1-3H3. The molecule has 2 atom stereocenters. The van der Waals surface area contributed by atoms with Gasteiger partial charge in [0, 0.05) is 5.25 Å². The van der Waals surface area contributed by atoms with Crippen LogP contribution in [0.2, 0.25) is 0 Å². The molecule has 2 unspecified atom stereocenters. The molecule has 0 rings (SSSR count). The number of hydrogen-bond donors (Lipinski definition) is 1. The van der Waals surface area contributed by atoms with Crippen molar-refractivity contribution >= 4 is 17.7 Å². The molecule has 2 N–H and O–H groups in total. The fraction of sp³-hybridized carbons (Fsp3) is 0.900. The highest BCUT2D eigenvalue weighted by Crippen LogP contribution is 2.15. The quantitative estimate of drug-likeness (QED) is 0.663. The van der Waals surface area contributed by atoms with Gasteiger partial charge in [-0.15, -0.1) is 0 Å². The van der Waals surface area contributed by atoms with Gasteiger partial charge in [0.2, 0.25) is 0 Å². The molecule has 0 saturated carbocycles.